The van der Waals surface area contributed by atoms with E-state index in [4.69, 9.17) is 11.7 Å². The van der Waals surface area contributed by atoms with E-state index < -0.39 is 5.54 Å². The summed E-state index contributed by atoms with van der Waals surface area (Å²) in [5.41, 5.74) is -0.458. The molecular formula is C5H10NO+. The van der Waals surface area contributed by atoms with Gasteiger partial charge in [-0.2, -0.15) is 0 Å². The van der Waals surface area contributed by atoms with Crippen molar-refractivity contribution in [3.8, 4) is 6.57 Å². The molecule has 0 radical (unpaired) electrons. The minimum Gasteiger partial charge on any atom is -0.388 e. The van der Waals surface area contributed by atoms with Gasteiger partial charge in [-0.25, -0.2) is 0 Å². The molecule has 0 unspecified atom stereocenters. The lowest BCUT2D eigenvalue weighted by Crippen LogP contribution is -2.18. The predicted molar refractivity (Wildman–Crippen MR) is 29.5 cm³/mol. The summed E-state index contributed by atoms with van der Waals surface area (Å²) in [6.07, 6.45) is 0. The van der Waals surface area contributed by atoms with Gasteiger partial charge in [0.1, 0.15) is 6.61 Å². The van der Waals surface area contributed by atoms with Crippen LogP contribution in [0.4, 0.5) is 0 Å². The minimum atomic E-state index is -0.458. The summed E-state index contributed by atoms with van der Waals surface area (Å²) < 4.78 is 0. The van der Waals surface area contributed by atoms with Crippen LogP contribution in [-0.4, -0.2) is 17.3 Å². The lowest BCUT2D eigenvalue weighted by molar-refractivity contribution is 0.244. The molecule has 0 aliphatic rings. The third kappa shape index (κ3) is 2.18. The highest BCUT2D eigenvalue weighted by atomic mass is 16.3. The Morgan fingerprint density at radius 3 is 2.14 bits per heavy atom. The minimum absolute atomic E-state index is 0.00347. The molecule has 0 aliphatic carbocycles. The fourth-order valence-corrected chi connectivity index (χ4v) is 0.0408. The van der Waals surface area contributed by atoms with Crippen molar-refractivity contribution in [3.05, 3.63) is 4.85 Å². The molecule has 0 bridgehead atoms. The van der Waals surface area contributed by atoms with Crippen LogP contribution in [0.2, 0.25) is 0 Å². The monoisotopic (exact) mass is 100 g/mol. The van der Waals surface area contributed by atoms with E-state index in [9.17, 15) is 0 Å². The molecule has 0 aromatic carbocycles. The highest BCUT2D eigenvalue weighted by Crippen LogP contribution is 2.04. The SMILES string of the molecule is C#[N+]C(C)(C)CO. The van der Waals surface area contributed by atoms with E-state index >= 15 is 0 Å². The van der Waals surface area contributed by atoms with Crippen molar-refractivity contribution in [2.45, 2.75) is 19.4 Å². The maximum absolute atomic E-state index is 8.42. The largest absolute Gasteiger partial charge is 0.388 e. The first-order valence-corrected chi connectivity index (χ1v) is 2.15. The van der Waals surface area contributed by atoms with Crippen LogP contribution in [0, 0.1) is 6.57 Å². The molecule has 0 amide bonds. The zero-order valence-corrected chi connectivity index (χ0v) is 4.68. The van der Waals surface area contributed by atoms with Gasteiger partial charge < -0.3 is 5.11 Å². The first-order valence-electron chi connectivity index (χ1n) is 2.15. The number of rotatable bonds is 1. The summed E-state index contributed by atoms with van der Waals surface area (Å²) in [7, 11) is 0. The molecule has 7 heavy (non-hydrogen) atoms. The normalized spacial score (nSPS) is 10.6. The molecule has 0 saturated heterocycles. The van der Waals surface area contributed by atoms with Crippen LogP contribution in [0.5, 0.6) is 0 Å². The Labute approximate surface area is 43.6 Å². The number of aliphatic hydroxyl groups excluding tert-OH is 1. The highest BCUT2D eigenvalue weighted by molar-refractivity contribution is 4.91. The molecule has 0 aromatic heterocycles. The maximum Gasteiger partial charge on any atom is 0.297 e. The smallest absolute Gasteiger partial charge is 0.297 e. The van der Waals surface area contributed by atoms with Gasteiger partial charge in [-0.3, -0.25) is 0 Å². The van der Waals surface area contributed by atoms with Gasteiger partial charge in [0.05, 0.1) is 0 Å². The van der Waals surface area contributed by atoms with Crippen molar-refractivity contribution in [3.63, 3.8) is 0 Å². The quantitative estimate of drug-likeness (QED) is 0.516. The molecule has 1 N–H and O–H groups in total. The van der Waals surface area contributed by atoms with E-state index in [1.165, 1.54) is 0 Å². The van der Waals surface area contributed by atoms with Crippen molar-refractivity contribution in [1.29, 1.82) is 0 Å². The van der Waals surface area contributed by atoms with Crippen molar-refractivity contribution in [2.75, 3.05) is 6.61 Å². The zero-order valence-electron chi connectivity index (χ0n) is 4.68. The molecule has 0 rings (SSSR count). The fourth-order valence-electron chi connectivity index (χ4n) is 0.0408. The third-order valence-electron chi connectivity index (χ3n) is 0.736. The lowest BCUT2D eigenvalue weighted by atomic mass is 10.1. The molecule has 40 valence electrons. The zero-order chi connectivity index (χ0) is 5.91. The second-order valence-electron chi connectivity index (χ2n) is 2.10. The Bertz CT molecular complexity index is 90.7. The topological polar surface area (TPSA) is 24.6 Å². The number of hydrogen-bond donors (Lipinski definition) is 1. The Morgan fingerprint density at radius 2 is 2.14 bits per heavy atom. The summed E-state index contributed by atoms with van der Waals surface area (Å²) in [5.74, 6) is 0. The van der Waals surface area contributed by atoms with E-state index in [0.717, 1.165) is 0 Å². The molecule has 0 atom stereocenters. The summed E-state index contributed by atoms with van der Waals surface area (Å²) >= 11 is 0. The average molecular weight is 100 g/mol. The Balaban J connectivity index is 3.66. The molecule has 2 nitrogen and oxygen atoms in total. The fraction of sp³-hybridized carbons (Fsp3) is 0.800. The van der Waals surface area contributed by atoms with Crippen LogP contribution in [0.15, 0.2) is 0 Å². The first-order chi connectivity index (χ1) is 3.12. The van der Waals surface area contributed by atoms with Gasteiger partial charge in [-0.05, 0) is 0 Å². The van der Waals surface area contributed by atoms with Crippen molar-refractivity contribution < 1.29 is 5.11 Å². The molecule has 0 aromatic rings. The molecule has 0 spiro atoms. The van der Waals surface area contributed by atoms with Crippen LogP contribution in [0.1, 0.15) is 13.8 Å². The highest BCUT2D eigenvalue weighted by Gasteiger charge is 2.24. The van der Waals surface area contributed by atoms with Gasteiger partial charge in [-0.15, -0.1) is 0 Å². The third-order valence-corrected chi connectivity index (χ3v) is 0.736. The van der Waals surface area contributed by atoms with Gasteiger partial charge in [0.15, 0.2) is 0 Å². The van der Waals surface area contributed by atoms with Crippen molar-refractivity contribution >= 4 is 0 Å². The molecule has 0 fully saturated rings. The van der Waals surface area contributed by atoms with Gasteiger partial charge >= 0.3 is 0 Å². The summed E-state index contributed by atoms with van der Waals surface area (Å²) in [5, 5.41) is 8.42. The second kappa shape index (κ2) is 1.94. The predicted octanol–water partition coefficient (Wildman–Crippen LogP) is 0.720. The van der Waals surface area contributed by atoms with Crippen LogP contribution >= 0.6 is 0 Å². The average Bonchev–Trinajstić information content (AvgIpc) is 1.68. The summed E-state index contributed by atoms with van der Waals surface area (Å²) in [4.78, 5) is 3.39. The summed E-state index contributed by atoms with van der Waals surface area (Å²) in [6.45, 7) is 8.40. The van der Waals surface area contributed by atoms with Gasteiger partial charge in [0.2, 0.25) is 0 Å². The van der Waals surface area contributed by atoms with Crippen LogP contribution in [0.3, 0.4) is 0 Å². The molecular weight excluding hydrogens is 90.1 g/mol. The number of nitrogens with zero attached hydrogens (tertiary/aromatic N) is 1. The van der Waals surface area contributed by atoms with Crippen LogP contribution in [0.25, 0.3) is 4.85 Å². The van der Waals surface area contributed by atoms with E-state index in [-0.39, 0.29) is 6.61 Å². The Kier molecular flexibility index (Phi) is 1.79. The van der Waals surface area contributed by atoms with E-state index in [1.54, 1.807) is 13.8 Å². The number of hydrogen-bond acceptors (Lipinski definition) is 1. The first kappa shape index (κ1) is 6.45. The van der Waals surface area contributed by atoms with Crippen LogP contribution < -0.4 is 0 Å². The van der Waals surface area contributed by atoms with E-state index in [0.29, 0.717) is 0 Å². The molecule has 0 saturated carbocycles. The lowest BCUT2D eigenvalue weighted by Gasteiger charge is -1.97. The Morgan fingerprint density at radius 1 is 1.71 bits per heavy atom. The standard InChI is InChI=1S/C5H10NO/c1-5(2,4-7)6-3/h3,7H,4H2,1-2H3/q+1. The molecule has 0 aliphatic heterocycles. The van der Waals surface area contributed by atoms with E-state index in [1.807, 2.05) is 0 Å². The van der Waals surface area contributed by atoms with Gasteiger partial charge in [0.25, 0.3) is 12.1 Å². The van der Waals surface area contributed by atoms with Gasteiger partial charge in [-0.1, -0.05) is 4.85 Å². The van der Waals surface area contributed by atoms with Gasteiger partial charge in [0, 0.05) is 13.8 Å². The van der Waals surface area contributed by atoms with E-state index in [2.05, 4.69) is 4.85 Å². The summed E-state index contributed by atoms with van der Waals surface area (Å²) in [6, 6.07) is 0. The second-order valence-corrected chi connectivity index (χ2v) is 2.10. The Hall–Kier alpha value is -0.550. The van der Waals surface area contributed by atoms with Crippen molar-refractivity contribution in [1.82, 2.24) is 0 Å². The molecule has 2 heteroatoms. The maximum atomic E-state index is 8.42. The van der Waals surface area contributed by atoms with Crippen molar-refractivity contribution in [2.24, 2.45) is 0 Å². The molecule has 0 heterocycles. The van der Waals surface area contributed by atoms with Crippen LogP contribution in [-0.2, 0) is 0 Å². The number of aliphatic hydroxyl groups is 1.